The number of aliphatic hydroxyl groups excluding tert-OH is 1. The lowest BCUT2D eigenvalue weighted by molar-refractivity contribution is -0.200. The van der Waals surface area contributed by atoms with Crippen LogP contribution in [0, 0.1) is 34.0 Å². The van der Waals surface area contributed by atoms with E-state index < -0.39 is 16.9 Å². The third kappa shape index (κ3) is 2.30. The van der Waals surface area contributed by atoms with Gasteiger partial charge in [0.05, 0.1) is 5.41 Å². The van der Waals surface area contributed by atoms with E-state index in [0.717, 1.165) is 24.8 Å². The van der Waals surface area contributed by atoms with Gasteiger partial charge in [0.1, 0.15) is 18.5 Å². The second-order valence-electron chi connectivity index (χ2n) is 9.91. The predicted octanol–water partition coefficient (Wildman–Crippen LogP) is 2.85. The second-order valence-corrected chi connectivity index (χ2v) is 9.91. The number of aliphatic hydroxyl groups is 1. The summed E-state index contributed by atoms with van der Waals surface area (Å²) in [7, 11) is 0. The summed E-state index contributed by atoms with van der Waals surface area (Å²) in [5, 5.41) is 10.5. The minimum Gasteiger partial charge on any atom is -0.465 e. The summed E-state index contributed by atoms with van der Waals surface area (Å²) in [5.41, 5.74) is -0.389. The summed E-state index contributed by atoms with van der Waals surface area (Å²) in [4.78, 5) is 37.4. The van der Waals surface area contributed by atoms with Crippen LogP contribution in [-0.4, -0.2) is 35.4 Å². The Balaban J connectivity index is 1.74. The number of carbonyl (C=O) groups excluding carboxylic acids is 3. The van der Waals surface area contributed by atoms with E-state index in [1.807, 2.05) is 6.92 Å². The number of hydrogen-bond acceptors (Lipinski definition) is 5. The fraction of sp³-hybridized carbons (Fsp3) is 0.773. The zero-order chi connectivity index (χ0) is 19.8. The Labute approximate surface area is 160 Å². The molecule has 5 rings (SSSR count). The van der Waals surface area contributed by atoms with E-state index in [9.17, 15) is 19.5 Å². The fourth-order valence-corrected chi connectivity index (χ4v) is 7.34. The van der Waals surface area contributed by atoms with Crippen LogP contribution in [0.15, 0.2) is 12.2 Å². The molecule has 0 heterocycles. The summed E-state index contributed by atoms with van der Waals surface area (Å²) in [6.45, 7) is 9.82. The van der Waals surface area contributed by atoms with Crippen LogP contribution in [0.5, 0.6) is 0 Å². The molecule has 7 atom stereocenters. The topological polar surface area (TPSA) is 80.7 Å². The van der Waals surface area contributed by atoms with Gasteiger partial charge in [-0.1, -0.05) is 19.1 Å². The van der Waals surface area contributed by atoms with Gasteiger partial charge in [0.2, 0.25) is 0 Å². The third-order valence-electron chi connectivity index (χ3n) is 8.71. The summed E-state index contributed by atoms with van der Waals surface area (Å²) >= 11 is 0. The number of Topliss-reactive ketones (excluding diaryl/α,β-unsaturated/α-hetero) is 2. The zero-order valence-electron chi connectivity index (χ0n) is 16.5. The SMILES string of the molecule is C=C1C[C@@]23CC[C@H]4[C@@](C)(CCC(=O)[C@@]4(C)COC(C)=O)[C@@H]2C[C@@H]1[C@@H](O)C3=O. The van der Waals surface area contributed by atoms with E-state index in [0.29, 0.717) is 19.3 Å². The summed E-state index contributed by atoms with van der Waals surface area (Å²) in [5.74, 6) is -0.126. The maximum atomic E-state index is 13.1. The minimum atomic E-state index is -0.916. The number of hydrogen-bond donors (Lipinski definition) is 1. The summed E-state index contributed by atoms with van der Waals surface area (Å²) < 4.78 is 5.32. The van der Waals surface area contributed by atoms with E-state index in [-0.39, 0.29) is 47.3 Å². The van der Waals surface area contributed by atoms with Crippen molar-refractivity contribution < 1.29 is 24.2 Å². The zero-order valence-corrected chi connectivity index (χ0v) is 16.5. The Morgan fingerprint density at radius 3 is 2.63 bits per heavy atom. The van der Waals surface area contributed by atoms with Gasteiger partial charge < -0.3 is 9.84 Å². The maximum absolute atomic E-state index is 13.1. The number of esters is 1. The van der Waals surface area contributed by atoms with Crippen LogP contribution in [-0.2, 0) is 19.1 Å². The van der Waals surface area contributed by atoms with Crippen LogP contribution in [0.3, 0.4) is 0 Å². The van der Waals surface area contributed by atoms with Gasteiger partial charge in [0.15, 0.2) is 5.78 Å². The first kappa shape index (κ1) is 18.9. The molecular weight excluding hydrogens is 344 g/mol. The molecule has 148 valence electrons. The molecule has 2 bridgehead atoms. The molecular formula is C22H30O5. The van der Waals surface area contributed by atoms with Gasteiger partial charge in [-0.15, -0.1) is 0 Å². The molecule has 0 unspecified atom stereocenters. The van der Waals surface area contributed by atoms with E-state index in [1.54, 1.807) is 0 Å². The Bertz CT molecular complexity index is 741. The van der Waals surface area contributed by atoms with Crippen LogP contribution < -0.4 is 0 Å². The normalized spacial score (nSPS) is 48.8. The van der Waals surface area contributed by atoms with E-state index in [1.165, 1.54) is 6.92 Å². The first-order chi connectivity index (χ1) is 12.6. The highest BCUT2D eigenvalue weighted by Crippen LogP contribution is 2.70. The molecule has 0 aromatic heterocycles. The molecule has 0 amide bonds. The van der Waals surface area contributed by atoms with E-state index in [4.69, 9.17) is 4.74 Å². The number of carbonyl (C=O) groups is 3. The van der Waals surface area contributed by atoms with Gasteiger partial charge in [0.25, 0.3) is 0 Å². The van der Waals surface area contributed by atoms with Crippen LogP contribution in [0.2, 0.25) is 0 Å². The lowest BCUT2D eigenvalue weighted by Crippen LogP contribution is -2.67. The first-order valence-electron chi connectivity index (χ1n) is 10.1. The molecule has 0 aliphatic heterocycles. The van der Waals surface area contributed by atoms with Crippen LogP contribution >= 0.6 is 0 Å². The third-order valence-corrected chi connectivity index (χ3v) is 8.71. The molecule has 5 heteroatoms. The van der Waals surface area contributed by atoms with Crippen LogP contribution in [0.1, 0.15) is 59.3 Å². The monoisotopic (exact) mass is 374 g/mol. The average Bonchev–Trinajstić information content (AvgIpc) is 2.60. The van der Waals surface area contributed by atoms with Gasteiger partial charge >= 0.3 is 5.97 Å². The van der Waals surface area contributed by atoms with Crippen molar-refractivity contribution in [3.05, 3.63) is 12.2 Å². The fourth-order valence-electron chi connectivity index (χ4n) is 7.34. The summed E-state index contributed by atoms with van der Waals surface area (Å²) in [6.07, 6.45) is 3.18. The second kappa shape index (κ2) is 5.76. The molecule has 5 saturated carbocycles. The Kier molecular flexibility index (Phi) is 4.02. The lowest BCUT2D eigenvalue weighted by Gasteiger charge is -2.67. The largest absolute Gasteiger partial charge is 0.465 e. The minimum absolute atomic E-state index is 0.00517. The molecule has 0 radical (unpaired) electrons. The molecule has 0 aromatic carbocycles. The number of fused-ring (bicyclic) bond motifs is 3. The molecule has 0 saturated heterocycles. The number of ketones is 2. The number of rotatable bonds is 2. The van der Waals surface area contributed by atoms with Gasteiger partial charge in [-0.05, 0) is 56.3 Å². The highest BCUT2D eigenvalue weighted by atomic mass is 16.5. The molecule has 5 nitrogen and oxygen atoms in total. The van der Waals surface area contributed by atoms with Crippen LogP contribution in [0.4, 0.5) is 0 Å². The predicted molar refractivity (Wildman–Crippen MR) is 98.6 cm³/mol. The van der Waals surface area contributed by atoms with Crippen LogP contribution in [0.25, 0.3) is 0 Å². The smallest absolute Gasteiger partial charge is 0.302 e. The van der Waals surface area contributed by atoms with Crippen molar-refractivity contribution in [2.24, 2.45) is 34.0 Å². The Morgan fingerprint density at radius 2 is 1.96 bits per heavy atom. The quantitative estimate of drug-likeness (QED) is 0.594. The molecule has 5 aliphatic rings. The highest BCUT2D eigenvalue weighted by molar-refractivity contribution is 5.93. The Morgan fingerprint density at radius 1 is 1.26 bits per heavy atom. The van der Waals surface area contributed by atoms with Gasteiger partial charge in [-0.25, -0.2) is 0 Å². The Hall–Kier alpha value is -1.49. The van der Waals surface area contributed by atoms with Crippen molar-refractivity contribution in [2.45, 2.75) is 65.4 Å². The maximum Gasteiger partial charge on any atom is 0.302 e. The molecule has 27 heavy (non-hydrogen) atoms. The first-order valence-corrected chi connectivity index (χ1v) is 10.1. The van der Waals surface area contributed by atoms with Crippen molar-refractivity contribution in [3.63, 3.8) is 0 Å². The number of ether oxygens (including phenoxy) is 1. The van der Waals surface area contributed by atoms with Gasteiger partial charge in [-0.2, -0.15) is 0 Å². The lowest BCUT2D eigenvalue weighted by atomic mass is 9.36. The van der Waals surface area contributed by atoms with E-state index in [2.05, 4.69) is 13.5 Å². The van der Waals surface area contributed by atoms with E-state index >= 15 is 0 Å². The molecule has 1 spiro atoms. The van der Waals surface area contributed by atoms with Gasteiger partial charge in [0, 0.05) is 24.7 Å². The molecule has 1 N–H and O–H groups in total. The van der Waals surface area contributed by atoms with Crippen molar-refractivity contribution in [1.29, 1.82) is 0 Å². The molecule has 5 fully saturated rings. The molecule has 0 aromatic rings. The summed E-state index contributed by atoms with van der Waals surface area (Å²) in [6, 6.07) is 0. The standard InChI is InChI=1S/C22H30O5/c1-12-10-22-8-5-15-20(3,16(22)9-14(12)18(25)19(22)26)7-6-17(24)21(15,4)11-27-13(2)23/h14-16,18,25H,1,5-11H2,2-4H3/t14-,15-,16-,18+,20+,21-,22-/m0/s1. The van der Waals surface area contributed by atoms with Crippen molar-refractivity contribution in [1.82, 2.24) is 0 Å². The highest BCUT2D eigenvalue weighted by Gasteiger charge is 2.69. The average molecular weight is 374 g/mol. The molecule has 5 aliphatic carbocycles. The van der Waals surface area contributed by atoms with Crippen molar-refractivity contribution in [2.75, 3.05) is 6.61 Å². The van der Waals surface area contributed by atoms with Crippen molar-refractivity contribution in [3.8, 4) is 0 Å². The van der Waals surface area contributed by atoms with Gasteiger partial charge in [-0.3, -0.25) is 14.4 Å². The van der Waals surface area contributed by atoms with Crippen molar-refractivity contribution >= 4 is 17.5 Å².